The van der Waals surface area contributed by atoms with Gasteiger partial charge in [-0.1, -0.05) is 0 Å². The van der Waals surface area contributed by atoms with E-state index in [1.807, 2.05) is 0 Å². The van der Waals surface area contributed by atoms with E-state index < -0.39 is 10.4 Å². The predicted molar refractivity (Wildman–Crippen MR) is 19.2 cm³/mol. The van der Waals surface area contributed by atoms with Gasteiger partial charge in [0.25, 0.3) is 0 Å². The molecule has 0 rings (SSSR count). The Morgan fingerprint density at radius 3 is 1.11 bits per heavy atom. The number of rotatable bonds is 0. The van der Waals surface area contributed by atoms with Crippen molar-refractivity contribution >= 4 is 10.4 Å². The zero-order valence-corrected chi connectivity index (χ0v) is 7.88. The van der Waals surface area contributed by atoms with E-state index in [0.717, 1.165) is 0 Å². The van der Waals surface area contributed by atoms with Gasteiger partial charge in [-0.2, -0.15) is 8.42 Å². The van der Waals surface area contributed by atoms with Crippen LogP contribution in [0.25, 0.3) is 0 Å². The van der Waals surface area contributed by atoms with Crippen molar-refractivity contribution in [3.63, 3.8) is 0 Å². The Morgan fingerprint density at radius 2 is 1.11 bits per heavy atom. The summed E-state index contributed by atoms with van der Waals surface area (Å²) in [6.45, 7) is 0. The third-order valence-corrected chi connectivity index (χ3v) is 0. The van der Waals surface area contributed by atoms with Crippen molar-refractivity contribution in [2.45, 2.75) is 0 Å². The minimum absolute atomic E-state index is 0. The first kappa shape index (κ1) is 31.6. The van der Waals surface area contributed by atoms with Gasteiger partial charge in [0.1, 0.15) is 0 Å². The van der Waals surface area contributed by atoms with Gasteiger partial charge < -0.3 is 6.15 Å². The van der Waals surface area contributed by atoms with E-state index in [2.05, 4.69) is 0 Å². The molecule has 0 bridgehead atoms. The molecule has 5 nitrogen and oxygen atoms in total. The van der Waals surface area contributed by atoms with Crippen LogP contribution in [0.15, 0.2) is 0 Å². The summed E-state index contributed by atoms with van der Waals surface area (Å²) in [4.78, 5) is 0. The minimum Gasteiger partial charge on any atom is -0.344 e. The maximum atomic E-state index is 8.74. The Balaban J connectivity index is -0.0000000133. The second-order valence-corrected chi connectivity index (χ2v) is 1.34. The smallest absolute Gasteiger partial charge is 0.344 e. The molecule has 0 aromatic heterocycles. The van der Waals surface area contributed by atoms with Gasteiger partial charge >= 0.3 is 10.4 Å². The standard InChI is InChI=1S/Co.Mn.H3N.Ni.H2O4S/c;;;;1-5(2,3)4/h;;1H3;;(H2,1,2,3,4). The van der Waals surface area contributed by atoms with E-state index in [1.165, 1.54) is 0 Å². The fraction of sp³-hybridized carbons (Fsp3) is 0. The van der Waals surface area contributed by atoms with Crippen LogP contribution in [-0.4, -0.2) is 17.5 Å². The van der Waals surface area contributed by atoms with Crippen LogP contribution < -0.4 is 6.15 Å². The third kappa shape index (κ3) is 277. The molecular weight excluding hydrogens is 283 g/mol. The summed E-state index contributed by atoms with van der Waals surface area (Å²) < 4.78 is 31.6. The predicted octanol–water partition coefficient (Wildman–Crippen LogP) is -0.498. The zero-order chi connectivity index (χ0) is 4.50. The molecule has 0 heterocycles. The normalized spacial score (nSPS) is 6.44. The van der Waals surface area contributed by atoms with Gasteiger partial charge in [-0.25, -0.2) is 0 Å². The van der Waals surface area contributed by atoms with Crippen LogP contribution in [0.2, 0.25) is 0 Å². The molecule has 66 valence electrons. The molecule has 0 unspecified atom stereocenters. The molecule has 0 aliphatic rings. The van der Waals surface area contributed by atoms with E-state index >= 15 is 0 Å². The first-order valence-corrected chi connectivity index (χ1v) is 2.10. The van der Waals surface area contributed by atoms with Crippen LogP contribution in [0, 0.1) is 0 Å². The molecule has 9 heavy (non-hydrogen) atoms. The molecule has 0 fully saturated rings. The van der Waals surface area contributed by atoms with E-state index in [0.29, 0.717) is 0 Å². The van der Waals surface area contributed by atoms with Crippen LogP contribution in [0.1, 0.15) is 0 Å². The van der Waals surface area contributed by atoms with Crippen molar-refractivity contribution < 1.29 is 67.9 Å². The molecule has 0 aliphatic carbocycles. The summed E-state index contributed by atoms with van der Waals surface area (Å²) >= 11 is 0. The molecule has 0 atom stereocenters. The van der Waals surface area contributed by atoms with Crippen molar-refractivity contribution in [3.8, 4) is 0 Å². The molecule has 0 amide bonds. The molecular formula is H5CoMnNNiO4S. The van der Waals surface area contributed by atoms with E-state index in [-0.39, 0.29) is 56.5 Å². The number of hydrogen-bond acceptors (Lipinski definition) is 3. The molecule has 2 radical (unpaired) electrons. The van der Waals surface area contributed by atoms with Crippen molar-refractivity contribution in [3.05, 3.63) is 0 Å². The molecule has 0 aromatic carbocycles. The van der Waals surface area contributed by atoms with Gasteiger partial charge in [-0.3, -0.25) is 9.11 Å². The summed E-state index contributed by atoms with van der Waals surface area (Å²) in [5.74, 6) is 0. The topological polar surface area (TPSA) is 110 Å². The van der Waals surface area contributed by atoms with Crippen LogP contribution >= 0.6 is 0 Å². The monoisotopic (exact) mass is 287 g/mol. The summed E-state index contributed by atoms with van der Waals surface area (Å²) in [5.41, 5.74) is 0. The van der Waals surface area contributed by atoms with Crippen LogP contribution in [0.3, 0.4) is 0 Å². The quantitative estimate of drug-likeness (QED) is 0.411. The number of hydrogen-bond donors (Lipinski definition) is 3. The van der Waals surface area contributed by atoms with Crippen molar-refractivity contribution in [2.75, 3.05) is 0 Å². The van der Waals surface area contributed by atoms with E-state index in [4.69, 9.17) is 17.5 Å². The first-order chi connectivity index (χ1) is 2.00. The van der Waals surface area contributed by atoms with Crippen molar-refractivity contribution in [2.24, 2.45) is 0 Å². The average Bonchev–Trinajstić information content (AvgIpc) is 0.722. The molecule has 5 N–H and O–H groups in total. The Labute approximate surface area is 84.1 Å². The maximum absolute atomic E-state index is 8.74. The van der Waals surface area contributed by atoms with Crippen LogP contribution in [0.4, 0.5) is 0 Å². The summed E-state index contributed by atoms with van der Waals surface area (Å²) in [6, 6.07) is 0. The van der Waals surface area contributed by atoms with Crippen LogP contribution in [0.5, 0.6) is 0 Å². The summed E-state index contributed by atoms with van der Waals surface area (Å²) in [5, 5.41) is 0. The largest absolute Gasteiger partial charge is 0.394 e. The first-order valence-electron chi connectivity index (χ1n) is 0.698. The summed E-state index contributed by atoms with van der Waals surface area (Å²) in [6.07, 6.45) is 0. The Bertz CT molecular complexity index is 104. The van der Waals surface area contributed by atoms with Gasteiger partial charge in [0.05, 0.1) is 0 Å². The average molecular weight is 288 g/mol. The Kier molecular flexibility index (Phi) is 42.4. The van der Waals surface area contributed by atoms with E-state index in [1.54, 1.807) is 0 Å². The molecule has 0 aliphatic heterocycles. The Morgan fingerprint density at radius 1 is 1.11 bits per heavy atom. The van der Waals surface area contributed by atoms with E-state index in [9.17, 15) is 0 Å². The van der Waals surface area contributed by atoms with Gasteiger partial charge in [0.2, 0.25) is 0 Å². The van der Waals surface area contributed by atoms with Crippen molar-refractivity contribution in [1.82, 2.24) is 6.15 Å². The van der Waals surface area contributed by atoms with Crippen molar-refractivity contribution in [1.29, 1.82) is 0 Å². The second-order valence-electron chi connectivity index (χ2n) is 0.448. The van der Waals surface area contributed by atoms with Gasteiger partial charge in [0.15, 0.2) is 0 Å². The molecule has 0 saturated heterocycles. The second kappa shape index (κ2) is 12.1. The minimum atomic E-state index is -4.67. The molecule has 9 heteroatoms. The zero-order valence-electron chi connectivity index (χ0n) is 3.85. The maximum Gasteiger partial charge on any atom is 0.394 e. The SMILES string of the molecule is N.O=S(=O)(O)O.[Co].[Mn].[Ni]. The fourth-order valence-corrected chi connectivity index (χ4v) is 0. The van der Waals surface area contributed by atoms with Crippen LogP contribution in [-0.2, 0) is 60.7 Å². The third-order valence-electron chi connectivity index (χ3n) is 0. The summed E-state index contributed by atoms with van der Waals surface area (Å²) in [7, 11) is -4.67. The van der Waals surface area contributed by atoms with Gasteiger partial charge in [0, 0.05) is 50.3 Å². The fourth-order valence-electron chi connectivity index (χ4n) is 0. The molecule has 0 spiro atoms. The van der Waals surface area contributed by atoms with Gasteiger partial charge in [-0.05, 0) is 0 Å². The molecule has 0 saturated carbocycles. The molecule has 0 aromatic rings. The van der Waals surface area contributed by atoms with Gasteiger partial charge in [-0.15, -0.1) is 0 Å². The Hall–Kier alpha value is 1.35.